The molecule has 10 nitrogen and oxygen atoms in total. The van der Waals surface area contributed by atoms with Crippen LogP contribution in [-0.2, 0) is 20.9 Å². The molecular formula is C35H35ClFN7O3S. The molecule has 2 aromatic heterocycles. The van der Waals surface area contributed by atoms with E-state index >= 15 is 4.39 Å². The van der Waals surface area contributed by atoms with Crippen LogP contribution in [0.2, 0.25) is 5.02 Å². The summed E-state index contributed by atoms with van der Waals surface area (Å²) in [6.07, 6.45) is 0.651. The number of rotatable bonds is 6. The number of thiophene rings is 1. The first-order valence-electron chi connectivity index (χ1n) is 16.1. The minimum Gasteiger partial charge on any atom is -0.340 e. The number of nitrogens with zero attached hydrogens (tertiary/aromatic N) is 6. The molecule has 5 heterocycles. The van der Waals surface area contributed by atoms with Crippen molar-refractivity contribution in [1.29, 1.82) is 0 Å². The van der Waals surface area contributed by atoms with E-state index in [-0.39, 0.29) is 24.7 Å². The maximum Gasteiger partial charge on any atom is 0.234 e. The van der Waals surface area contributed by atoms with Crippen molar-refractivity contribution >= 4 is 46.4 Å². The number of halogens is 2. The molecule has 3 amide bonds. The number of fused-ring (bicyclic) bond motifs is 3. The summed E-state index contributed by atoms with van der Waals surface area (Å²) < 4.78 is 17.1. The lowest BCUT2D eigenvalue weighted by atomic mass is 9.89. The number of hydrogen-bond donors (Lipinski definition) is 1. The molecule has 48 heavy (non-hydrogen) atoms. The van der Waals surface area contributed by atoms with Crippen molar-refractivity contribution < 1.29 is 18.8 Å². The van der Waals surface area contributed by atoms with Crippen LogP contribution < -0.4 is 5.32 Å². The number of benzene rings is 2. The maximum absolute atomic E-state index is 15.1. The number of amides is 3. The standard InChI is InChI=1S/C35H35ClFN7O3S/c1-19-20(2)48-35-31(19)32(23-5-7-24(36)8-6-23)38-28(33-41-40-21(3)44(33)35)17-30(46)43-14-12-42(13-15-43)18-22-4-9-25(27(37)16-22)26-10-11-29(45)39-34(26)47/h4-9,16,26,28H,10-15,17-18H2,1-3H3,(H,39,45,47)/t26?,28-/m0/s1. The molecule has 0 saturated carbocycles. The molecule has 1 unspecified atom stereocenters. The molecule has 0 spiro atoms. The molecular weight excluding hydrogens is 653 g/mol. The van der Waals surface area contributed by atoms with Gasteiger partial charge in [-0.15, -0.1) is 21.5 Å². The highest BCUT2D eigenvalue weighted by Gasteiger charge is 2.34. The van der Waals surface area contributed by atoms with Crippen molar-refractivity contribution in [3.63, 3.8) is 0 Å². The second kappa shape index (κ2) is 13.0. The zero-order valence-electron chi connectivity index (χ0n) is 26.9. The van der Waals surface area contributed by atoms with Gasteiger partial charge in [0.05, 0.1) is 18.1 Å². The average molecular weight is 688 g/mol. The smallest absolute Gasteiger partial charge is 0.234 e. The number of imide groups is 1. The largest absolute Gasteiger partial charge is 0.340 e. The SMILES string of the molecule is Cc1sc2c(c1C)C(c1ccc(Cl)cc1)=N[C@@H](CC(=O)N1CCN(Cc3ccc(C4CCC(=O)NC4=O)c(F)c3)CC1)c1nnc(C)n1-2. The fourth-order valence-corrected chi connectivity index (χ4v) is 8.12. The quantitative estimate of drug-likeness (QED) is 0.279. The van der Waals surface area contributed by atoms with E-state index in [2.05, 4.69) is 34.3 Å². The zero-order valence-corrected chi connectivity index (χ0v) is 28.5. The minimum atomic E-state index is -0.663. The molecule has 0 bridgehead atoms. The first-order chi connectivity index (χ1) is 23.1. The van der Waals surface area contributed by atoms with E-state index in [1.54, 1.807) is 17.4 Å². The normalized spacial score (nSPS) is 19.8. The number of aromatic nitrogens is 3. The Labute approximate surface area is 286 Å². The third-order valence-electron chi connectivity index (χ3n) is 9.54. The Kier molecular flexibility index (Phi) is 8.73. The lowest BCUT2D eigenvalue weighted by Crippen LogP contribution is -2.48. The van der Waals surface area contributed by atoms with E-state index in [0.29, 0.717) is 55.6 Å². The van der Waals surface area contributed by atoms with Crippen LogP contribution in [0.3, 0.4) is 0 Å². The van der Waals surface area contributed by atoms with Crippen molar-refractivity contribution in [3.05, 3.63) is 97.6 Å². The van der Waals surface area contributed by atoms with Gasteiger partial charge in [-0.2, -0.15) is 0 Å². The van der Waals surface area contributed by atoms with Gasteiger partial charge >= 0.3 is 0 Å². The summed E-state index contributed by atoms with van der Waals surface area (Å²) in [6.45, 7) is 8.98. The van der Waals surface area contributed by atoms with Crippen molar-refractivity contribution in [2.45, 2.75) is 58.5 Å². The summed E-state index contributed by atoms with van der Waals surface area (Å²) in [5.74, 6) is -0.503. The molecule has 4 aromatic rings. The maximum atomic E-state index is 15.1. The molecule has 7 rings (SSSR count). The van der Waals surface area contributed by atoms with Gasteiger partial charge in [-0.1, -0.05) is 35.9 Å². The van der Waals surface area contributed by atoms with Gasteiger partial charge in [-0.05, 0) is 56.5 Å². The fourth-order valence-electron chi connectivity index (χ4n) is 6.78. The van der Waals surface area contributed by atoms with E-state index in [1.165, 1.54) is 10.9 Å². The summed E-state index contributed by atoms with van der Waals surface area (Å²) in [7, 11) is 0. The zero-order chi connectivity index (χ0) is 33.7. The van der Waals surface area contributed by atoms with Crippen LogP contribution in [0, 0.1) is 26.6 Å². The molecule has 2 aromatic carbocycles. The third-order valence-corrected chi connectivity index (χ3v) is 11.0. The Bertz CT molecular complexity index is 1960. The molecule has 2 atom stereocenters. The lowest BCUT2D eigenvalue weighted by molar-refractivity contribution is -0.135. The number of hydrogen-bond acceptors (Lipinski definition) is 8. The van der Waals surface area contributed by atoms with Crippen LogP contribution >= 0.6 is 22.9 Å². The van der Waals surface area contributed by atoms with Crippen molar-refractivity contribution in [1.82, 2.24) is 29.9 Å². The number of aryl methyl sites for hydroxylation is 2. The Morgan fingerprint density at radius 3 is 2.50 bits per heavy atom. The molecule has 13 heteroatoms. The van der Waals surface area contributed by atoms with E-state index in [0.717, 1.165) is 38.8 Å². The highest BCUT2D eigenvalue weighted by atomic mass is 35.5. The van der Waals surface area contributed by atoms with Gasteiger partial charge in [-0.3, -0.25) is 34.2 Å². The summed E-state index contributed by atoms with van der Waals surface area (Å²) in [6, 6.07) is 12.0. The predicted molar refractivity (Wildman–Crippen MR) is 181 cm³/mol. The van der Waals surface area contributed by atoms with E-state index in [1.807, 2.05) is 46.7 Å². The van der Waals surface area contributed by atoms with Crippen LogP contribution in [0.15, 0.2) is 47.5 Å². The van der Waals surface area contributed by atoms with E-state index < -0.39 is 23.7 Å². The van der Waals surface area contributed by atoms with E-state index in [9.17, 15) is 14.4 Å². The molecule has 1 N–H and O–H groups in total. The van der Waals surface area contributed by atoms with Gasteiger partial charge in [0.25, 0.3) is 0 Å². The molecule has 248 valence electrons. The second-order valence-electron chi connectivity index (χ2n) is 12.6. The van der Waals surface area contributed by atoms with E-state index in [4.69, 9.17) is 16.6 Å². The second-order valence-corrected chi connectivity index (χ2v) is 14.3. The van der Waals surface area contributed by atoms with Crippen molar-refractivity contribution in [2.24, 2.45) is 4.99 Å². The Morgan fingerprint density at radius 1 is 1.04 bits per heavy atom. The number of nitrogens with one attached hydrogen (secondary N) is 1. The highest BCUT2D eigenvalue weighted by Crippen LogP contribution is 2.40. The third kappa shape index (κ3) is 6.08. The summed E-state index contributed by atoms with van der Waals surface area (Å²) in [4.78, 5) is 48.0. The Morgan fingerprint density at radius 2 is 1.79 bits per heavy atom. The molecule has 0 radical (unpaired) electrons. The van der Waals surface area contributed by atoms with Gasteiger partial charge in [0, 0.05) is 65.7 Å². The van der Waals surface area contributed by atoms with Crippen LogP contribution in [0.1, 0.15) is 75.6 Å². The average Bonchev–Trinajstić information content (AvgIpc) is 3.54. The van der Waals surface area contributed by atoms with Crippen LogP contribution in [0.25, 0.3) is 5.00 Å². The van der Waals surface area contributed by atoms with Crippen LogP contribution in [0.4, 0.5) is 4.39 Å². The molecule has 0 aliphatic carbocycles. The number of piperazine rings is 1. The van der Waals surface area contributed by atoms with Crippen LogP contribution in [-0.4, -0.2) is 74.2 Å². The van der Waals surface area contributed by atoms with Crippen molar-refractivity contribution in [3.8, 4) is 5.00 Å². The fraction of sp³-hybridized carbons (Fsp3) is 0.371. The number of carbonyl (C=O) groups is 3. The summed E-state index contributed by atoms with van der Waals surface area (Å²) in [5.41, 5.74) is 4.99. The first-order valence-corrected chi connectivity index (χ1v) is 17.3. The molecule has 2 saturated heterocycles. The monoisotopic (exact) mass is 687 g/mol. The highest BCUT2D eigenvalue weighted by molar-refractivity contribution is 7.15. The van der Waals surface area contributed by atoms with Crippen LogP contribution in [0.5, 0.6) is 0 Å². The van der Waals surface area contributed by atoms with Gasteiger partial charge in [0.1, 0.15) is 22.7 Å². The van der Waals surface area contributed by atoms with Gasteiger partial charge in [0.15, 0.2) is 5.82 Å². The van der Waals surface area contributed by atoms with Gasteiger partial charge < -0.3 is 4.90 Å². The predicted octanol–water partition coefficient (Wildman–Crippen LogP) is 5.19. The Hall–Kier alpha value is -4.26. The number of carbonyl (C=O) groups excluding carboxylic acids is 3. The molecule has 2 fully saturated rings. The molecule has 3 aliphatic rings. The Balaban J connectivity index is 1.06. The number of piperidine rings is 1. The topological polar surface area (TPSA) is 113 Å². The minimum absolute atomic E-state index is 0.0103. The van der Waals surface area contributed by atoms with Gasteiger partial charge in [0.2, 0.25) is 17.7 Å². The lowest BCUT2D eigenvalue weighted by Gasteiger charge is -2.35. The van der Waals surface area contributed by atoms with Crippen molar-refractivity contribution in [2.75, 3.05) is 26.2 Å². The molecule has 3 aliphatic heterocycles. The summed E-state index contributed by atoms with van der Waals surface area (Å²) >= 11 is 7.91. The number of aliphatic imine (C=N–C) groups is 1. The van der Waals surface area contributed by atoms with Gasteiger partial charge in [-0.25, -0.2) is 4.39 Å². The summed E-state index contributed by atoms with van der Waals surface area (Å²) in [5, 5.41) is 12.9. The first kappa shape index (κ1) is 32.3.